The Balaban J connectivity index is 1.71. The summed E-state index contributed by atoms with van der Waals surface area (Å²) in [5.74, 6) is -0.604. The van der Waals surface area contributed by atoms with Crippen LogP contribution in [-0.2, 0) is 9.53 Å². The summed E-state index contributed by atoms with van der Waals surface area (Å²) >= 11 is 0. The largest absolute Gasteiger partial charge is 0.478 e. The van der Waals surface area contributed by atoms with Crippen LogP contribution >= 0.6 is 0 Å². The fourth-order valence-corrected chi connectivity index (χ4v) is 2.63. The molecule has 0 saturated carbocycles. The molecular formula is C17H15F2NO4. The number of aliphatic imine (C=N–C) groups is 1. The molecule has 2 unspecified atom stereocenters. The number of hydrogen-bond acceptors (Lipinski definition) is 4. The van der Waals surface area contributed by atoms with Crippen LogP contribution in [0.25, 0.3) is 0 Å². The molecule has 126 valence electrons. The van der Waals surface area contributed by atoms with Crippen LogP contribution in [0.4, 0.5) is 8.78 Å². The van der Waals surface area contributed by atoms with Crippen molar-refractivity contribution in [2.45, 2.75) is 19.1 Å². The van der Waals surface area contributed by atoms with Crippen LogP contribution in [0.5, 0.6) is 5.75 Å². The third-order valence-electron chi connectivity index (χ3n) is 3.79. The Morgan fingerprint density at radius 3 is 2.75 bits per heavy atom. The Hall–Kier alpha value is -2.70. The van der Waals surface area contributed by atoms with Gasteiger partial charge in [0.25, 0.3) is 0 Å². The van der Waals surface area contributed by atoms with Crippen molar-refractivity contribution >= 4 is 11.9 Å². The summed E-state index contributed by atoms with van der Waals surface area (Å²) in [6.45, 7) is -2.52. The van der Waals surface area contributed by atoms with E-state index in [1.165, 1.54) is 12.1 Å². The molecule has 1 aliphatic heterocycles. The van der Waals surface area contributed by atoms with E-state index >= 15 is 0 Å². The van der Waals surface area contributed by atoms with Crippen LogP contribution in [0.3, 0.4) is 0 Å². The molecule has 0 bridgehead atoms. The van der Waals surface area contributed by atoms with E-state index in [9.17, 15) is 13.6 Å². The Kier molecular flexibility index (Phi) is 4.59. The van der Waals surface area contributed by atoms with Crippen molar-refractivity contribution < 1.29 is 28.2 Å². The summed E-state index contributed by atoms with van der Waals surface area (Å²) in [6.07, 6.45) is 5.60. The van der Waals surface area contributed by atoms with E-state index in [0.717, 1.165) is 5.56 Å². The molecule has 0 radical (unpaired) electrons. The lowest BCUT2D eigenvalue weighted by Gasteiger charge is -2.14. The van der Waals surface area contributed by atoms with Crippen molar-refractivity contribution in [1.82, 2.24) is 0 Å². The van der Waals surface area contributed by atoms with Gasteiger partial charge in [-0.25, -0.2) is 9.79 Å². The second-order valence-electron chi connectivity index (χ2n) is 5.41. The average Bonchev–Trinajstić information content (AvgIpc) is 3.05. The molecule has 0 saturated heterocycles. The van der Waals surface area contributed by atoms with Gasteiger partial charge in [-0.05, 0) is 24.1 Å². The summed E-state index contributed by atoms with van der Waals surface area (Å²) in [5, 5.41) is 9.05. The maximum Gasteiger partial charge on any atom is 0.387 e. The number of carbonyl (C=O) groups is 1. The molecule has 0 spiro atoms. The van der Waals surface area contributed by atoms with Crippen molar-refractivity contribution in [1.29, 1.82) is 0 Å². The third kappa shape index (κ3) is 3.61. The lowest BCUT2D eigenvalue weighted by atomic mass is 9.96. The molecular weight excluding hydrogens is 320 g/mol. The summed E-state index contributed by atoms with van der Waals surface area (Å²) in [7, 11) is 0. The van der Waals surface area contributed by atoms with E-state index in [2.05, 4.69) is 9.73 Å². The van der Waals surface area contributed by atoms with Gasteiger partial charge in [0.1, 0.15) is 18.4 Å². The predicted molar refractivity (Wildman–Crippen MR) is 82.2 cm³/mol. The first kappa shape index (κ1) is 16.2. The number of benzene rings is 1. The van der Waals surface area contributed by atoms with Crippen molar-refractivity contribution in [3.8, 4) is 5.75 Å². The molecule has 24 heavy (non-hydrogen) atoms. The fourth-order valence-electron chi connectivity index (χ4n) is 2.63. The molecule has 1 N–H and O–H groups in total. The maximum atomic E-state index is 12.2. The minimum atomic E-state index is -2.86. The van der Waals surface area contributed by atoms with Gasteiger partial charge in [-0.3, -0.25) is 0 Å². The average molecular weight is 335 g/mol. The molecule has 3 rings (SSSR count). The van der Waals surface area contributed by atoms with Crippen molar-refractivity contribution in [3.05, 3.63) is 53.6 Å². The lowest BCUT2D eigenvalue weighted by molar-refractivity contribution is -0.132. The zero-order valence-electron chi connectivity index (χ0n) is 12.6. The highest BCUT2D eigenvalue weighted by atomic mass is 19.3. The number of allylic oxidation sites excluding steroid dienone is 1. The van der Waals surface area contributed by atoms with Crippen LogP contribution in [0.15, 0.2) is 53.1 Å². The number of carboxylic acids is 1. The minimum Gasteiger partial charge on any atom is -0.478 e. The lowest BCUT2D eigenvalue weighted by Crippen LogP contribution is -2.16. The Bertz CT molecular complexity index is 710. The quantitative estimate of drug-likeness (QED) is 0.896. The molecule has 1 aromatic rings. The second kappa shape index (κ2) is 6.82. The standard InChI is InChI=1S/C17H15F2NO4/c18-17(19)24-13-6-4-10(5-7-13)14-9-23-15(20-14)11-2-1-3-12(8-11)16(21)22/h1,3-8,11,14,17H,2,9H2,(H,21,22). The monoisotopic (exact) mass is 335 g/mol. The first-order valence-electron chi connectivity index (χ1n) is 7.40. The van der Waals surface area contributed by atoms with E-state index < -0.39 is 12.6 Å². The third-order valence-corrected chi connectivity index (χ3v) is 3.79. The van der Waals surface area contributed by atoms with Crippen LogP contribution in [0.1, 0.15) is 18.0 Å². The van der Waals surface area contributed by atoms with Gasteiger partial charge in [-0.15, -0.1) is 0 Å². The van der Waals surface area contributed by atoms with Crippen molar-refractivity contribution in [3.63, 3.8) is 0 Å². The van der Waals surface area contributed by atoms with Crippen LogP contribution in [0, 0.1) is 5.92 Å². The van der Waals surface area contributed by atoms with Gasteiger partial charge in [-0.1, -0.05) is 30.4 Å². The van der Waals surface area contributed by atoms with Gasteiger partial charge in [0.15, 0.2) is 5.90 Å². The van der Waals surface area contributed by atoms with E-state index in [4.69, 9.17) is 9.84 Å². The van der Waals surface area contributed by atoms with Gasteiger partial charge >= 0.3 is 12.6 Å². The summed E-state index contributed by atoms with van der Waals surface area (Å²) in [5.41, 5.74) is 1.04. The second-order valence-corrected chi connectivity index (χ2v) is 5.41. The number of carboxylic acid groups (broad SMARTS) is 1. The molecule has 0 fully saturated rings. The highest BCUT2D eigenvalue weighted by Gasteiger charge is 2.27. The van der Waals surface area contributed by atoms with E-state index in [1.807, 2.05) is 0 Å². The van der Waals surface area contributed by atoms with Crippen LogP contribution < -0.4 is 4.74 Å². The van der Waals surface area contributed by atoms with E-state index in [-0.39, 0.29) is 23.3 Å². The number of hydrogen-bond donors (Lipinski definition) is 1. The Morgan fingerprint density at radius 1 is 1.33 bits per heavy atom. The number of aliphatic carboxylic acids is 1. The molecule has 1 aliphatic carbocycles. The molecule has 5 nitrogen and oxygen atoms in total. The summed E-state index contributed by atoms with van der Waals surface area (Å²) in [6, 6.07) is 6.00. The van der Waals surface area contributed by atoms with Gasteiger partial charge in [0.05, 0.1) is 11.5 Å². The highest BCUT2D eigenvalue weighted by molar-refractivity contribution is 5.92. The Morgan fingerprint density at radius 2 is 2.08 bits per heavy atom. The number of nitrogens with zero attached hydrogens (tertiary/aromatic N) is 1. The van der Waals surface area contributed by atoms with Crippen molar-refractivity contribution in [2.75, 3.05) is 6.61 Å². The normalized spacial score (nSPS) is 22.8. The molecule has 1 aromatic carbocycles. The molecule has 0 aromatic heterocycles. The summed E-state index contributed by atoms with van der Waals surface area (Å²) in [4.78, 5) is 15.5. The van der Waals surface area contributed by atoms with Gasteiger partial charge in [0, 0.05) is 0 Å². The number of halogens is 2. The van der Waals surface area contributed by atoms with E-state index in [1.54, 1.807) is 30.4 Å². The number of ether oxygens (including phenoxy) is 2. The highest BCUT2D eigenvalue weighted by Crippen LogP contribution is 2.29. The number of alkyl halides is 2. The minimum absolute atomic E-state index is 0.0864. The summed E-state index contributed by atoms with van der Waals surface area (Å²) < 4.78 is 34.2. The van der Waals surface area contributed by atoms with Crippen LogP contribution in [0.2, 0.25) is 0 Å². The predicted octanol–water partition coefficient (Wildman–Crippen LogP) is 3.34. The topological polar surface area (TPSA) is 68.1 Å². The van der Waals surface area contributed by atoms with Gasteiger partial charge in [-0.2, -0.15) is 8.78 Å². The molecule has 1 heterocycles. The molecule has 2 aliphatic rings. The first-order valence-corrected chi connectivity index (χ1v) is 7.40. The first-order chi connectivity index (χ1) is 11.5. The SMILES string of the molecule is O=C(O)C1=CC(C2=NC(c3ccc(OC(F)F)cc3)CO2)CC=C1. The number of rotatable bonds is 5. The van der Waals surface area contributed by atoms with E-state index in [0.29, 0.717) is 18.9 Å². The fraction of sp³-hybridized carbons (Fsp3) is 0.294. The van der Waals surface area contributed by atoms with Crippen molar-refractivity contribution in [2.24, 2.45) is 10.9 Å². The zero-order chi connectivity index (χ0) is 17.1. The van der Waals surface area contributed by atoms with Gasteiger partial charge < -0.3 is 14.6 Å². The molecule has 0 amide bonds. The molecule has 2 atom stereocenters. The zero-order valence-corrected chi connectivity index (χ0v) is 12.6. The maximum absolute atomic E-state index is 12.2. The molecule has 7 heteroatoms. The van der Waals surface area contributed by atoms with Gasteiger partial charge in [0.2, 0.25) is 0 Å². The Labute approximate surface area is 136 Å². The van der Waals surface area contributed by atoms with Crippen LogP contribution in [-0.4, -0.2) is 30.2 Å². The smallest absolute Gasteiger partial charge is 0.387 e.